The highest BCUT2D eigenvalue weighted by Crippen LogP contribution is 2.31. The van der Waals surface area contributed by atoms with E-state index in [9.17, 15) is 21.6 Å². The molecule has 0 aromatic heterocycles. The second-order valence-electron chi connectivity index (χ2n) is 5.55. The zero-order chi connectivity index (χ0) is 17.3. The van der Waals surface area contributed by atoms with Crippen molar-refractivity contribution in [1.29, 1.82) is 5.26 Å². The van der Waals surface area contributed by atoms with Gasteiger partial charge in [-0.2, -0.15) is 35.9 Å². The first-order chi connectivity index (χ1) is 10.6. The number of hydrogen-bond acceptors (Lipinski definition) is 3. The molecule has 1 heterocycles. The van der Waals surface area contributed by atoms with Crippen LogP contribution in [-0.4, -0.2) is 32.0 Å². The van der Waals surface area contributed by atoms with Gasteiger partial charge < -0.3 is 0 Å². The van der Waals surface area contributed by atoms with E-state index in [0.29, 0.717) is 0 Å². The van der Waals surface area contributed by atoms with Crippen LogP contribution in [0.15, 0.2) is 24.3 Å². The highest BCUT2D eigenvalue weighted by Gasteiger charge is 2.40. The van der Waals surface area contributed by atoms with Crippen molar-refractivity contribution in [2.24, 2.45) is 5.92 Å². The maximum absolute atomic E-state index is 12.8. The molecule has 1 unspecified atom stereocenters. The standard InChI is InChI=1S/C14H16F3N3O2S/c1-10-2-4-12(5-3-10)13(6-14(15,16)17)19-23(21,22)20-8-11(7-18)9-20/h2-5,11,13,19H,6,8-9H2,1H3. The molecule has 2 rings (SSSR count). The van der Waals surface area contributed by atoms with Crippen molar-refractivity contribution in [2.45, 2.75) is 25.6 Å². The van der Waals surface area contributed by atoms with Crippen LogP contribution in [0.2, 0.25) is 0 Å². The highest BCUT2D eigenvalue weighted by atomic mass is 32.2. The fraction of sp³-hybridized carbons (Fsp3) is 0.500. The third kappa shape index (κ3) is 4.67. The van der Waals surface area contributed by atoms with Crippen molar-refractivity contribution in [3.8, 4) is 6.07 Å². The van der Waals surface area contributed by atoms with E-state index in [0.717, 1.165) is 9.87 Å². The van der Waals surface area contributed by atoms with Crippen LogP contribution in [-0.2, 0) is 10.2 Å². The molecule has 1 fully saturated rings. The van der Waals surface area contributed by atoms with E-state index in [4.69, 9.17) is 5.26 Å². The fourth-order valence-electron chi connectivity index (χ4n) is 2.23. The Kier molecular flexibility index (Phi) is 4.98. The predicted molar refractivity (Wildman–Crippen MR) is 77.3 cm³/mol. The molecule has 126 valence electrons. The lowest BCUT2D eigenvalue weighted by molar-refractivity contribution is -0.139. The molecule has 0 bridgehead atoms. The van der Waals surface area contributed by atoms with Crippen LogP contribution in [0.5, 0.6) is 0 Å². The number of rotatable bonds is 5. The first-order valence-electron chi connectivity index (χ1n) is 6.91. The lowest BCUT2D eigenvalue weighted by Crippen LogP contribution is -2.54. The topological polar surface area (TPSA) is 73.2 Å². The van der Waals surface area contributed by atoms with Gasteiger partial charge in [0.1, 0.15) is 0 Å². The maximum Gasteiger partial charge on any atom is 0.390 e. The Balaban J connectivity index is 2.18. The Hall–Kier alpha value is -1.63. The number of hydrogen-bond donors (Lipinski definition) is 1. The molecule has 5 nitrogen and oxygen atoms in total. The minimum absolute atomic E-state index is 0.00152. The second kappa shape index (κ2) is 6.47. The van der Waals surface area contributed by atoms with E-state index in [1.54, 1.807) is 19.1 Å². The van der Waals surface area contributed by atoms with E-state index < -0.39 is 34.8 Å². The van der Waals surface area contributed by atoms with E-state index in [2.05, 4.69) is 4.72 Å². The van der Waals surface area contributed by atoms with Crippen molar-refractivity contribution >= 4 is 10.2 Å². The monoisotopic (exact) mass is 347 g/mol. The van der Waals surface area contributed by atoms with Crippen LogP contribution in [0.3, 0.4) is 0 Å². The Morgan fingerprint density at radius 3 is 2.39 bits per heavy atom. The van der Waals surface area contributed by atoms with E-state index in [1.165, 1.54) is 12.1 Å². The Bertz CT molecular complexity index is 689. The number of alkyl halides is 3. The minimum atomic E-state index is -4.51. The van der Waals surface area contributed by atoms with Crippen molar-refractivity contribution in [3.05, 3.63) is 35.4 Å². The van der Waals surface area contributed by atoms with Gasteiger partial charge >= 0.3 is 6.18 Å². The van der Waals surface area contributed by atoms with Crippen molar-refractivity contribution < 1.29 is 21.6 Å². The molecule has 0 saturated carbocycles. The number of aryl methyl sites for hydroxylation is 1. The first-order valence-corrected chi connectivity index (χ1v) is 8.35. The molecule has 1 saturated heterocycles. The molecule has 0 aliphatic carbocycles. The maximum atomic E-state index is 12.8. The molecule has 9 heteroatoms. The van der Waals surface area contributed by atoms with E-state index >= 15 is 0 Å². The van der Waals surface area contributed by atoms with Gasteiger partial charge in [0, 0.05) is 13.1 Å². The normalized spacial score (nSPS) is 18.2. The summed E-state index contributed by atoms with van der Waals surface area (Å²) < 4.78 is 65.7. The van der Waals surface area contributed by atoms with Crippen molar-refractivity contribution in [2.75, 3.05) is 13.1 Å². The number of nitrogens with zero attached hydrogens (tertiary/aromatic N) is 2. The second-order valence-corrected chi connectivity index (χ2v) is 7.25. The summed E-state index contributed by atoms with van der Waals surface area (Å²) in [6.07, 6.45) is -5.81. The molecule has 1 aliphatic heterocycles. The summed E-state index contributed by atoms with van der Waals surface area (Å²) in [5.74, 6) is -0.410. The molecule has 0 amide bonds. The van der Waals surface area contributed by atoms with Crippen molar-refractivity contribution in [1.82, 2.24) is 9.03 Å². The van der Waals surface area contributed by atoms with Crippen LogP contribution in [0, 0.1) is 24.2 Å². The van der Waals surface area contributed by atoms with Gasteiger partial charge in [0.15, 0.2) is 0 Å². The molecule has 1 aromatic carbocycles. The lowest BCUT2D eigenvalue weighted by Gasteiger charge is -2.35. The lowest BCUT2D eigenvalue weighted by atomic mass is 10.0. The Morgan fingerprint density at radius 1 is 1.35 bits per heavy atom. The summed E-state index contributed by atoms with van der Waals surface area (Å²) in [6.45, 7) is 1.78. The summed E-state index contributed by atoms with van der Waals surface area (Å²) in [5.41, 5.74) is 1.11. The minimum Gasteiger partial charge on any atom is -0.198 e. The average Bonchev–Trinajstić information content (AvgIpc) is 2.35. The highest BCUT2D eigenvalue weighted by molar-refractivity contribution is 7.87. The predicted octanol–water partition coefficient (Wildman–Crippen LogP) is 2.28. The molecule has 1 atom stereocenters. The number of nitrogens with one attached hydrogen (secondary N) is 1. The summed E-state index contributed by atoms with van der Waals surface area (Å²) in [6, 6.07) is 6.72. The molecule has 1 aromatic rings. The zero-order valence-corrected chi connectivity index (χ0v) is 13.2. The van der Waals surface area contributed by atoms with E-state index in [1.807, 2.05) is 6.07 Å². The fourth-order valence-corrected chi connectivity index (χ4v) is 3.71. The zero-order valence-electron chi connectivity index (χ0n) is 12.3. The summed E-state index contributed by atoms with van der Waals surface area (Å²) >= 11 is 0. The van der Waals surface area contributed by atoms with Gasteiger partial charge in [0.2, 0.25) is 0 Å². The van der Waals surface area contributed by atoms with Crippen LogP contribution in [0.4, 0.5) is 13.2 Å². The van der Waals surface area contributed by atoms with Gasteiger partial charge in [-0.15, -0.1) is 0 Å². The summed E-state index contributed by atoms with van der Waals surface area (Å²) in [5, 5.41) is 8.67. The third-order valence-corrected chi connectivity index (χ3v) is 5.14. The largest absolute Gasteiger partial charge is 0.390 e. The van der Waals surface area contributed by atoms with Gasteiger partial charge in [-0.25, -0.2) is 0 Å². The molecule has 1 aliphatic rings. The molecule has 23 heavy (non-hydrogen) atoms. The molecule has 1 N–H and O–H groups in total. The van der Waals surface area contributed by atoms with Gasteiger partial charge in [0.25, 0.3) is 10.2 Å². The van der Waals surface area contributed by atoms with E-state index in [-0.39, 0.29) is 18.7 Å². The van der Waals surface area contributed by atoms with Crippen molar-refractivity contribution in [3.63, 3.8) is 0 Å². The smallest absolute Gasteiger partial charge is 0.198 e. The quantitative estimate of drug-likeness (QED) is 0.888. The van der Waals surface area contributed by atoms with Crippen LogP contribution in [0.25, 0.3) is 0 Å². The number of halogens is 3. The SMILES string of the molecule is Cc1ccc(C(CC(F)(F)F)NS(=O)(=O)N2CC(C#N)C2)cc1. The third-order valence-electron chi connectivity index (χ3n) is 3.58. The first kappa shape index (κ1) is 17.7. The van der Waals surface area contributed by atoms with Gasteiger partial charge in [0.05, 0.1) is 24.4 Å². The molecule has 0 radical (unpaired) electrons. The Morgan fingerprint density at radius 2 is 1.91 bits per heavy atom. The van der Waals surface area contributed by atoms with Crippen LogP contribution >= 0.6 is 0 Å². The van der Waals surface area contributed by atoms with Gasteiger partial charge in [-0.3, -0.25) is 0 Å². The average molecular weight is 347 g/mol. The number of benzene rings is 1. The van der Waals surface area contributed by atoms with Gasteiger partial charge in [-0.05, 0) is 12.5 Å². The van der Waals surface area contributed by atoms with Gasteiger partial charge in [-0.1, -0.05) is 29.8 Å². The summed E-state index contributed by atoms with van der Waals surface area (Å²) in [4.78, 5) is 0. The molecular weight excluding hydrogens is 331 g/mol. The molecular formula is C14H16F3N3O2S. The number of nitriles is 1. The van der Waals surface area contributed by atoms with Crippen LogP contribution < -0.4 is 4.72 Å². The summed E-state index contributed by atoms with van der Waals surface area (Å²) in [7, 11) is -4.06. The Labute approximate surface area is 132 Å². The molecule has 0 spiro atoms. The van der Waals surface area contributed by atoms with Crippen LogP contribution in [0.1, 0.15) is 23.6 Å².